The largest absolute Gasteiger partial charge is 0.338 e. The highest BCUT2D eigenvalue weighted by Gasteiger charge is 2.74. The molecule has 148 valence electrons. The van der Waals surface area contributed by atoms with Crippen LogP contribution in [0.15, 0.2) is 24.3 Å². The van der Waals surface area contributed by atoms with Gasteiger partial charge in [0.15, 0.2) is 0 Å². The van der Waals surface area contributed by atoms with Crippen molar-refractivity contribution in [3.63, 3.8) is 0 Å². The summed E-state index contributed by atoms with van der Waals surface area (Å²) in [4.78, 5) is 25.8. The van der Waals surface area contributed by atoms with E-state index in [4.69, 9.17) is 0 Å². The molecule has 1 aromatic rings. The Morgan fingerprint density at radius 2 is 1.89 bits per heavy atom. The Balaban J connectivity index is 1.51. The highest BCUT2D eigenvalue weighted by Crippen LogP contribution is 2.65. The molecule has 2 unspecified atom stereocenters. The van der Waals surface area contributed by atoms with Crippen LogP contribution < -0.4 is 15.5 Å². The third-order valence-corrected chi connectivity index (χ3v) is 5.93. The zero-order chi connectivity index (χ0) is 19.8. The van der Waals surface area contributed by atoms with Gasteiger partial charge in [0, 0.05) is 30.6 Å². The SMILES string of the molecule is CC(NC(=O)NCC1C(C)(C)C1(F)F)c1ccc(N2CCCCC2=O)cc1. The number of benzene rings is 1. The maximum absolute atomic E-state index is 13.6. The van der Waals surface area contributed by atoms with Crippen LogP contribution in [0.3, 0.4) is 0 Å². The van der Waals surface area contributed by atoms with E-state index in [1.165, 1.54) is 13.8 Å². The molecule has 1 heterocycles. The molecule has 1 aliphatic carbocycles. The molecule has 1 aliphatic heterocycles. The molecular weight excluding hydrogens is 352 g/mol. The Hall–Kier alpha value is -2.18. The minimum atomic E-state index is -2.73. The quantitative estimate of drug-likeness (QED) is 0.816. The maximum atomic E-state index is 13.6. The first kappa shape index (κ1) is 19.6. The second-order valence-electron chi connectivity index (χ2n) is 8.07. The molecule has 5 nitrogen and oxygen atoms in total. The normalized spacial score (nSPS) is 24.3. The average molecular weight is 379 g/mol. The maximum Gasteiger partial charge on any atom is 0.315 e. The van der Waals surface area contributed by atoms with E-state index in [1.54, 1.807) is 4.90 Å². The number of hydrogen-bond donors (Lipinski definition) is 2. The van der Waals surface area contributed by atoms with Gasteiger partial charge in [0.25, 0.3) is 5.92 Å². The predicted octanol–water partition coefficient (Wildman–Crippen LogP) is 3.86. The van der Waals surface area contributed by atoms with Crippen LogP contribution in [-0.4, -0.2) is 31.0 Å². The van der Waals surface area contributed by atoms with Crippen LogP contribution in [0.5, 0.6) is 0 Å². The number of anilines is 1. The second-order valence-corrected chi connectivity index (χ2v) is 8.07. The molecule has 1 saturated heterocycles. The number of rotatable bonds is 5. The average Bonchev–Trinajstić information content (AvgIpc) is 3.01. The van der Waals surface area contributed by atoms with Crippen LogP contribution >= 0.6 is 0 Å². The molecule has 2 fully saturated rings. The Kier molecular flexibility index (Phi) is 5.14. The zero-order valence-electron chi connectivity index (χ0n) is 16.0. The van der Waals surface area contributed by atoms with Gasteiger partial charge in [-0.3, -0.25) is 4.79 Å². The van der Waals surface area contributed by atoms with Gasteiger partial charge in [-0.1, -0.05) is 26.0 Å². The minimum Gasteiger partial charge on any atom is -0.338 e. The van der Waals surface area contributed by atoms with E-state index in [9.17, 15) is 18.4 Å². The van der Waals surface area contributed by atoms with Crippen molar-refractivity contribution >= 4 is 17.6 Å². The lowest BCUT2D eigenvalue weighted by atomic mass is 10.1. The standard InChI is InChI=1S/C20H27F2N3O2/c1-13(24-18(27)23-12-16-19(2,3)20(16,21)22)14-7-9-15(10-8-14)25-11-5-4-6-17(25)26/h7-10,13,16H,4-6,11-12H2,1-3H3,(H2,23,24,27). The summed E-state index contributed by atoms with van der Waals surface area (Å²) in [6, 6.07) is 6.77. The van der Waals surface area contributed by atoms with Gasteiger partial charge >= 0.3 is 6.03 Å². The summed E-state index contributed by atoms with van der Waals surface area (Å²) in [7, 11) is 0. The molecule has 7 heteroatoms. The van der Waals surface area contributed by atoms with Crippen LogP contribution in [0.1, 0.15) is 51.6 Å². The Labute approximate surface area is 158 Å². The van der Waals surface area contributed by atoms with E-state index < -0.39 is 23.3 Å². The van der Waals surface area contributed by atoms with E-state index in [0.29, 0.717) is 6.42 Å². The van der Waals surface area contributed by atoms with Gasteiger partial charge < -0.3 is 15.5 Å². The molecule has 2 N–H and O–H groups in total. The summed E-state index contributed by atoms with van der Waals surface area (Å²) in [5, 5.41) is 5.31. The number of urea groups is 1. The van der Waals surface area contributed by atoms with Crippen molar-refractivity contribution < 1.29 is 18.4 Å². The van der Waals surface area contributed by atoms with Gasteiger partial charge in [0.1, 0.15) is 0 Å². The summed E-state index contributed by atoms with van der Waals surface area (Å²) in [6.45, 7) is 5.53. The van der Waals surface area contributed by atoms with E-state index in [0.717, 1.165) is 30.6 Å². The fourth-order valence-electron chi connectivity index (χ4n) is 3.69. The first-order valence-electron chi connectivity index (χ1n) is 9.47. The highest BCUT2D eigenvalue weighted by molar-refractivity contribution is 5.93. The van der Waals surface area contributed by atoms with Crippen molar-refractivity contribution in [2.75, 3.05) is 18.0 Å². The smallest absolute Gasteiger partial charge is 0.315 e. The molecule has 0 aromatic heterocycles. The number of amides is 3. The van der Waals surface area contributed by atoms with E-state index in [1.807, 2.05) is 31.2 Å². The third kappa shape index (κ3) is 3.77. The van der Waals surface area contributed by atoms with Crippen LogP contribution in [0.4, 0.5) is 19.3 Å². The Bertz CT molecular complexity index is 704. The number of nitrogens with zero attached hydrogens (tertiary/aromatic N) is 1. The Morgan fingerprint density at radius 1 is 1.26 bits per heavy atom. The van der Waals surface area contributed by atoms with Crippen molar-refractivity contribution in [3.8, 4) is 0 Å². The monoisotopic (exact) mass is 379 g/mol. The number of piperidine rings is 1. The second kappa shape index (κ2) is 7.09. The number of halogens is 2. The van der Waals surface area contributed by atoms with E-state index >= 15 is 0 Å². The third-order valence-electron chi connectivity index (χ3n) is 5.93. The van der Waals surface area contributed by atoms with Gasteiger partial charge in [0.2, 0.25) is 5.91 Å². The molecule has 27 heavy (non-hydrogen) atoms. The number of carbonyl (C=O) groups excluding carboxylic acids is 2. The van der Waals surface area contributed by atoms with Crippen LogP contribution in [0.25, 0.3) is 0 Å². The van der Waals surface area contributed by atoms with E-state index in [2.05, 4.69) is 10.6 Å². The van der Waals surface area contributed by atoms with Crippen molar-refractivity contribution in [2.45, 2.75) is 52.0 Å². The molecule has 0 bridgehead atoms. The first-order chi connectivity index (χ1) is 12.6. The number of carbonyl (C=O) groups is 2. The molecule has 0 spiro atoms. The molecule has 3 rings (SSSR count). The summed E-state index contributed by atoms with van der Waals surface area (Å²) < 4.78 is 27.1. The van der Waals surface area contributed by atoms with Gasteiger partial charge in [-0.05, 0) is 37.5 Å². The van der Waals surface area contributed by atoms with Gasteiger partial charge in [-0.2, -0.15) is 0 Å². The van der Waals surface area contributed by atoms with Crippen LogP contribution in [0.2, 0.25) is 0 Å². The minimum absolute atomic E-state index is 0.0471. The van der Waals surface area contributed by atoms with Gasteiger partial charge in [0.05, 0.1) is 12.0 Å². The molecular formula is C20H27F2N3O2. The molecule has 0 radical (unpaired) electrons. The summed E-state index contributed by atoms with van der Waals surface area (Å²) in [5.74, 6) is -3.42. The van der Waals surface area contributed by atoms with Crippen molar-refractivity contribution in [3.05, 3.63) is 29.8 Å². The molecule has 1 saturated carbocycles. The van der Waals surface area contributed by atoms with E-state index in [-0.39, 0.29) is 18.5 Å². The van der Waals surface area contributed by atoms with Crippen molar-refractivity contribution in [2.24, 2.45) is 11.3 Å². The molecule has 1 aromatic carbocycles. The fraction of sp³-hybridized carbons (Fsp3) is 0.600. The lowest BCUT2D eigenvalue weighted by Crippen LogP contribution is -2.38. The summed E-state index contributed by atoms with van der Waals surface area (Å²) in [5.41, 5.74) is 0.682. The van der Waals surface area contributed by atoms with Crippen LogP contribution in [-0.2, 0) is 4.79 Å². The lowest BCUT2D eigenvalue weighted by molar-refractivity contribution is -0.119. The zero-order valence-corrected chi connectivity index (χ0v) is 16.0. The van der Waals surface area contributed by atoms with Gasteiger partial charge in [-0.15, -0.1) is 0 Å². The predicted molar refractivity (Wildman–Crippen MR) is 99.8 cm³/mol. The molecule has 3 amide bonds. The molecule has 2 aliphatic rings. The highest BCUT2D eigenvalue weighted by atomic mass is 19.3. The number of hydrogen-bond acceptors (Lipinski definition) is 2. The number of nitrogens with one attached hydrogen (secondary N) is 2. The molecule has 2 atom stereocenters. The fourth-order valence-corrected chi connectivity index (χ4v) is 3.69. The van der Waals surface area contributed by atoms with Crippen molar-refractivity contribution in [1.29, 1.82) is 0 Å². The van der Waals surface area contributed by atoms with Crippen molar-refractivity contribution in [1.82, 2.24) is 10.6 Å². The first-order valence-corrected chi connectivity index (χ1v) is 9.47. The topological polar surface area (TPSA) is 61.4 Å². The van der Waals surface area contributed by atoms with Crippen LogP contribution in [0, 0.1) is 11.3 Å². The summed E-state index contributed by atoms with van der Waals surface area (Å²) >= 11 is 0. The lowest BCUT2D eigenvalue weighted by Gasteiger charge is -2.27. The van der Waals surface area contributed by atoms with Gasteiger partial charge in [-0.25, -0.2) is 13.6 Å². The summed E-state index contributed by atoms with van der Waals surface area (Å²) in [6.07, 6.45) is 2.52. The Morgan fingerprint density at radius 3 is 2.44 bits per heavy atom. The number of alkyl halides is 2.